The molecule has 7 heteroatoms. The zero-order valence-corrected chi connectivity index (χ0v) is 22.5. The Balaban J connectivity index is 1.13. The number of rotatable bonds is 2. The number of hydrogen-bond donors (Lipinski definition) is 2. The molecule has 36 heavy (non-hydrogen) atoms. The Morgan fingerprint density at radius 1 is 0.917 bits per heavy atom. The molecule has 5 saturated heterocycles. The Morgan fingerprint density at radius 3 is 2.33 bits per heavy atom. The summed E-state index contributed by atoms with van der Waals surface area (Å²) in [5.74, 6) is 2.48. The van der Waals surface area contributed by atoms with Crippen LogP contribution in [0, 0.1) is 11.8 Å². The molecule has 2 aromatic rings. The average molecular weight is 512 g/mol. The number of thioether (sulfide) groups is 1. The largest absolute Gasteiger partial charge is 0.472 e. The lowest BCUT2D eigenvalue weighted by atomic mass is 9.74. The van der Waals surface area contributed by atoms with Gasteiger partial charge in [-0.1, -0.05) is 13.8 Å². The third-order valence-corrected chi connectivity index (χ3v) is 12.1. The molecule has 0 bridgehead atoms. The van der Waals surface area contributed by atoms with Crippen LogP contribution in [0.4, 0.5) is 0 Å². The summed E-state index contributed by atoms with van der Waals surface area (Å²) in [6, 6.07) is 6.04. The van der Waals surface area contributed by atoms with E-state index in [1.807, 2.05) is 18.8 Å². The normalized spacial score (nSPS) is 45.7. The maximum atomic E-state index is 11.6. The van der Waals surface area contributed by atoms with Crippen molar-refractivity contribution in [3.63, 3.8) is 0 Å². The van der Waals surface area contributed by atoms with E-state index in [1.54, 1.807) is 6.26 Å². The molecule has 7 heterocycles. The highest BCUT2D eigenvalue weighted by molar-refractivity contribution is 8.01. The quantitative estimate of drug-likeness (QED) is 0.549. The molecule has 0 aromatic carbocycles. The predicted octanol–water partition coefficient (Wildman–Crippen LogP) is 5.53. The summed E-state index contributed by atoms with van der Waals surface area (Å²) >= 11 is 2.11. The van der Waals surface area contributed by atoms with Crippen LogP contribution in [0.2, 0.25) is 0 Å². The lowest BCUT2D eigenvalue weighted by Gasteiger charge is -2.56. The second kappa shape index (κ2) is 8.91. The Labute approximate surface area is 219 Å². The number of hydrogen-bond acceptors (Lipinski definition) is 7. The second-order valence-electron chi connectivity index (χ2n) is 12.6. The second-order valence-corrected chi connectivity index (χ2v) is 14.0. The van der Waals surface area contributed by atoms with E-state index in [9.17, 15) is 5.11 Å². The molecule has 2 spiro atoms. The van der Waals surface area contributed by atoms with E-state index in [0.717, 1.165) is 37.5 Å². The highest BCUT2D eigenvalue weighted by atomic mass is 32.2. The number of nitrogens with one attached hydrogen (secondary N) is 1. The van der Waals surface area contributed by atoms with Gasteiger partial charge in [0.1, 0.15) is 6.23 Å². The maximum absolute atomic E-state index is 11.6. The predicted molar refractivity (Wildman–Crippen MR) is 141 cm³/mol. The van der Waals surface area contributed by atoms with Crippen LogP contribution in [0.3, 0.4) is 0 Å². The molecule has 0 saturated carbocycles. The van der Waals surface area contributed by atoms with Gasteiger partial charge < -0.3 is 13.9 Å². The first-order valence-corrected chi connectivity index (χ1v) is 15.1. The van der Waals surface area contributed by atoms with Gasteiger partial charge in [0.05, 0.1) is 29.9 Å². The standard InChI is InChI=1S/C29H41N3O3S/c1-19-3-5-24(21-8-11-34-15-21)31-17-28(10-7-23(19)31)18-36-29(30-28)13-26-20(2)4-6-25(22-9-12-35-16-22)32(26)27(33)14-29/h8-9,11-12,15-16,19-20,23-27,30,33H,3-7,10,13-14,17-18H2,1-2H3. The smallest absolute Gasteiger partial charge is 0.110 e. The van der Waals surface area contributed by atoms with Crippen molar-refractivity contribution in [2.45, 2.75) is 106 Å². The Kier molecular flexibility index (Phi) is 5.90. The molecule has 196 valence electrons. The summed E-state index contributed by atoms with van der Waals surface area (Å²) in [6.07, 6.45) is 16.2. The van der Waals surface area contributed by atoms with E-state index >= 15 is 0 Å². The van der Waals surface area contributed by atoms with E-state index in [4.69, 9.17) is 8.83 Å². The topological polar surface area (TPSA) is 65.0 Å². The van der Waals surface area contributed by atoms with Crippen LogP contribution in [0.15, 0.2) is 46.0 Å². The van der Waals surface area contributed by atoms with Crippen LogP contribution in [-0.4, -0.2) is 55.9 Å². The van der Waals surface area contributed by atoms with Gasteiger partial charge in [0, 0.05) is 59.6 Å². The first kappa shape index (κ1) is 23.8. The molecule has 7 rings (SSSR count). The fourth-order valence-corrected chi connectivity index (χ4v) is 10.3. The summed E-state index contributed by atoms with van der Waals surface area (Å²) in [4.78, 5) is 5.21. The molecule has 5 aliphatic heterocycles. The van der Waals surface area contributed by atoms with E-state index in [2.05, 4.69) is 52.9 Å². The molecule has 0 aliphatic carbocycles. The third-order valence-electron chi connectivity index (χ3n) is 10.4. The highest BCUT2D eigenvalue weighted by Gasteiger charge is 2.58. The van der Waals surface area contributed by atoms with Gasteiger partial charge in [-0.3, -0.25) is 15.1 Å². The number of furan rings is 2. The Morgan fingerprint density at radius 2 is 1.61 bits per heavy atom. The fourth-order valence-electron chi connectivity index (χ4n) is 8.61. The minimum Gasteiger partial charge on any atom is -0.472 e. The van der Waals surface area contributed by atoms with Gasteiger partial charge >= 0.3 is 0 Å². The van der Waals surface area contributed by atoms with Crippen LogP contribution in [-0.2, 0) is 0 Å². The summed E-state index contributed by atoms with van der Waals surface area (Å²) in [5.41, 5.74) is 2.69. The van der Waals surface area contributed by atoms with Crippen LogP contribution >= 0.6 is 11.8 Å². The molecule has 2 N–H and O–H groups in total. The van der Waals surface area contributed by atoms with Gasteiger partial charge in [0.15, 0.2) is 0 Å². The van der Waals surface area contributed by atoms with Gasteiger partial charge in [0.2, 0.25) is 0 Å². The molecule has 5 aliphatic rings. The van der Waals surface area contributed by atoms with Crippen LogP contribution in [0.25, 0.3) is 0 Å². The van der Waals surface area contributed by atoms with Crippen LogP contribution in [0.1, 0.15) is 88.4 Å². The van der Waals surface area contributed by atoms with Crippen molar-refractivity contribution in [3.05, 3.63) is 48.3 Å². The Bertz CT molecular complexity index is 1050. The lowest BCUT2D eigenvalue weighted by molar-refractivity contribution is -0.132. The minimum absolute atomic E-state index is 0.0352. The van der Waals surface area contributed by atoms with E-state index < -0.39 is 6.23 Å². The van der Waals surface area contributed by atoms with E-state index in [1.165, 1.54) is 43.2 Å². The first-order valence-electron chi connectivity index (χ1n) is 14.1. The summed E-state index contributed by atoms with van der Waals surface area (Å²) in [6.45, 7) is 5.94. The molecule has 0 radical (unpaired) electrons. The van der Waals surface area contributed by atoms with Gasteiger partial charge in [-0.25, -0.2) is 0 Å². The van der Waals surface area contributed by atoms with Gasteiger partial charge in [-0.2, -0.15) is 0 Å². The van der Waals surface area contributed by atoms with Crippen molar-refractivity contribution in [3.8, 4) is 0 Å². The molecule has 6 nitrogen and oxygen atoms in total. The summed E-state index contributed by atoms with van der Waals surface area (Å²) in [7, 11) is 0. The first-order chi connectivity index (χ1) is 17.5. The van der Waals surface area contributed by atoms with Gasteiger partial charge in [-0.05, 0) is 68.9 Å². The van der Waals surface area contributed by atoms with Gasteiger partial charge in [0.25, 0.3) is 0 Å². The highest BCUT2D eigenvalue weighted by Crippen LogP contribution is 2.54. The molecular formula is C29H41N3O3S. The summed E-state index contributed by atoms with van der Waals surface area (Å²) < 4.78 is 10.9. The zero-order chi connectivity index (χ0) is 24.5. The summed E-state index contributed by atoms with van der Waals surface area (Å²) in [5, 5.41) is 15.9. The SMILES string of the molecule is CC1CCC(c2ccoc2)N2CC3(CCC12)CSC1(CC(O)N2C(c4ccoc4)CCC(C)C2C1)N3. The monoisotopic (exact) mass is 511 g/mol. The van der Waals surface area contributed by atoms with Gasteiger partial charge in [-0.15, -0.1) is 11.8 Å². The van der Waals surface area contributed by atoms with Crippen molar-refractivity contribution in [1.29, 1.82) is 0 Å². The van der Waals surface area contributed by atoms with Crippen LogP contribution in [0.5, 0.6) is 0 Å². The number of aliphatic hydroxyl groups excluding tert-OH is 1. The molecule has 5 fully saturated rings. The minimum atomic E-state index is -0.424. The number of nitrogens with zero attached hydrogens (tertiary/aromatic N) is 2. The maximum Gasteiger partial charge on any atom is 0.110 e. The number of piperidine rings is 4. The molecule has 9 atom stereocenters. The van der Waals surface area contributed by atoms with Crippen molar-refractivity contribution in [2.75, 3.05) is 12.3 Å². The van der Waals surface area contributed by atoms with Crippen molar-refractivity contribution < 1.29 is 13.9 Å². The van der Waals surface area contributed by atoms with Crippen molar-refractivity contribution in [1.82, 2.24) is 15.1 Å². The average Bonchev–Trinajstić information content (AvgIpc) is 3.63. The molecule has 9 unspecified atom stereocenters. The molecule has 2 aromatic heterocycles. The third kappa shape index (κ3) is 3.84. The van der Waals surface area contributed by atoms with E-state index in [-0.39, 0.29) is 16.5 Å². The fraction of sp³-hybridized carbons (Fsp3) is 0.724. The molecule has 0 amide bonds. The van der Waals surface area contributed by atoms with Crippen LogP contribution < -0.4 is 5.32 Å². The number of fused-ring (bicyclic) bond motifs is 2. The lowest BCUT2D eigenvalue weighted by Crippen LogP contribution is -2.67. The number of aliphatic hydroxyl groups is 1. The van der Waals surface area contributed by atoms with Crippen molar-refractivity contribution in [2.24, 2.45) is 11.8 Å². The zero-order valence-electron chi connectivity index (χ0n) is 21.6. The van der Waals surface area contributed by atoms with Crippen molar-refractivity contribution >= 4 is 11.8 Å². The van der Waals surface area contributed by atoms with E-state index in [0.29, 0.717) is 24.0 Å². The Hall–Kier alpha value is -1.25. The molecular weight excluding hydrogens is 470 g/mol.